The molecule has 1 aliphatic rings. The molecule has 0 spiro atoms. The van der Waals surface area contributed by atoms with Gasteiger partial charge in [0, 0.05) is 28.5 Å². The van der Waals surface area contributed by atoms with Gasteiger partial charge in [-0.25, -0.2) is 4.79 Å². The summed E-state index contributed by atoms with van der Waals surface area (Å²) in [6.45, 7) is -0.0534. The van der Waals surface area contributed by atoms with Crippen LogP contribution in [-0.2, 0) is 20.9 Å². The number of amides is 2. The first-order chi connectivity index (χ1) is 12.0. The Hall–Kier alpha value is -2.37. The molecule has 0 saturated carbocycles. The summed E-state index contributed by atoms with van der Waals surface area (Å²) in [5, 5.41) is 0.836. The lowest BCUT2D eigenvalue weighted by atomic mass is 10.2. The minimum Gasteiger partial charge on any atom is -0.457 e. The van der Waals surface area contributed by atoms with Crippen molar-refractivity contribution in [3.8, 4) is 0 Å². The Morgan fingerprint density at radius 2 is 1.52 bits per heavy atom. The number of imide groups is 1. The smallest absolute Gasteiger partial charge is 0.338 e. The Balaban J connectivity index is 1.69. The van der Waals surface area contributed by atoms with E-state index in [2.05, 4.69) is 0 Å². The molecule has 0 radical (unpaired) electrons. The van der Waals surface area contributed by atoms with Crippen LogP contribution in [0.4, 0.5) is 5.69 Å². The summed E-state index contributed by atoms with van der Waals surface area (Å²) in [5.74, 6) is -1.04. The van der Waals surface area contributed by atoms with Gasteiger partial charge in [0.25, 0.3) is 0 Å². The highest BCUT2D eigenvalue weighted by Crippen LogP contribution is 2.26. The quantitative estimate of drug-likeness (QED) is 0.596. The molecule has 2 amide bonds. The summed E-state index contributed by atoms with van der Waals surface area (Å²) in [5.41, 5.74) is 1.27. The number of nitrogens with zero attached hydrogens (tertiary/aromatic N) is 1. The second-order valence-corrected chi connectivity index (χ2v) is 6.26. The number of rotatable bonds is 4. The lowest BCUT2D eigenvalue weighted by Crippen LogP contribution is -2.28. The van der Waals surface area contributed by atoms with Gasteiger partial charge in [-0.2, -0.15) is 0 Å². The molecule has 128 valence electrons. The highest BCUT2D eigenvalue weighted by Gasteiger charge is 2.30. The predicted molar refractivity (Wildman–Crippen MR) is 93.8 cm³/mol. The van der Waals surface area contributed by atoms with E-state index in [0.717, 1.165) is 4.90 Å². The van der Waals surface area contributed by atoms with Crippen LogP contribution < -0.4 is 4.90 Å². The lowest BCUT2D eigenvalue weighted by Gasteiger charge is -2.14. The van der Waals surface area contributed by atoms with Crippen molar-refractivity contribution in [1.82, 2.24) is 0 Å². The van der Waals surface area contributed by atoms with E-state index in [4.69, 9.17) is 27.9 Å². The first-order valence-electron chi connectivity index (χ1n) is 7.53. The van der Waals surface area contributed by atoms with E-state index < -0.39 is 5.97 Å². The van der Waals surface area contributed by atoms with Crippen molar-refractivity contribution in [1.29, 1.82) is 0 Å². The third-order valence-corrected chi connectivity index (χ3v) is 4.53. The molecule has 1 aliphatic heterocycles. The monoisotopic (exact) mass is 377 g/mol. The maximum atomic E-state index is 12.1. The number of esters is 1. The zero-order valence-electron chi connectivity index (χ0n) is 13.0. The Bertz CT molecular complexity index is 812. The molecule has 0 aromatic heterocycles. The highest BCUT2D eigenvalue weighted by molar-refractivity contribution is 6.36. The molecule has 0 N–H and O–H groups in total. The van der Waals surface area contributed by atoms with Gasteiger partial charge in [-0.15, -0.1) is 0 Å². The third kappa shape index (κ3) is 3.67. The molecule has 1 saturated heterocycles. The van der Waals surface area contributed by atoms with E-state index >= 15 is 0 Å². The van der Waals surface area contributed by atoms with Crippen molar-refractivity contribution in [2.24, 2.45) is 0 Å². The molecule has 1 fully saturated rings. The van der Waals surface area contributed by atoms with Crippen molar-refractivity contribution < 1.29 is 19.1 Å². The molecule has 5 nitrogen and oxygen atoms in total. The average molecular weight is 378 g/mol. The van der Waals surface area contributed by atoms with Crippen molar-refractivity contribution >= 4 is 46.7 Å². The Morgan fingerprint density at radius 3 is 2.08 bits per heavy atom. The number of carbonyl (C=O) groups is 3. The minimum absolute atomic E-state index is 0.0534. The molecular formula is C18H13Cl2NO4. The number of hydrogen-bond donors (Lipinski definition) is 0. The minimum atomic E-state index is -0.554. The molecule has 3 rings (SSSR count). The molecule has 7 heteroatoms. The van der Waals surface area contributed by atoms with Gasteiger partial charge in [0.1, 0.15) is 6.61 Å². The fourth-order valence-electron chi connectivity index (χ4n) is 2.50. The number of hydrogen-bond acceptors (Lipinski definition) is 4. The molecular weight excluding hydrogens is 365 g/mol. The molecule has 1 heterocycles. The fraction of sp³-hybridized carbons (Fsp3) is 0.167. The molecule has 0 aliphatic carbocycles. The Kier molecular flexibility index (Phi) is 5.06. The van der Waals surface area contributed by atoms with Crippen molar-refractivity contribution in [2.75, 3.05) is 4.90 Å². The number of anilines is 1. The second kappa shape index (κ2) is 7.25. The van der Waals surface area contributed by atoms with Crippen LogP contribution in [0.25, 0.3) is 0 Å². The topological polar surface area (TPSA) is 63.7 Å². The molecule has 0 unspecified atom stereocenters. The zero-order chi connectivity index (χ0) is 18.0. The Labute approximate surface area is 154 Å². The summed E-state index contributed by atoms with van der Waals surface area (Å²) in [6, 6.07) is 11.1. The number of halogens is 2. The molecule has 0 bridgehead atoms. The maximum absolute atomic E-state index is 12.1. The summed E-state index contributed by atoms with van der Waals surface area (Å²) in [4.78, 5) is 36.7. The van der Waals surface area contributed by atoms with Gasteiger partial charge in [0.05, 0.1) is 11.3 Å². The van der Waals surface area contributed by atoms with Gasteiger partial charge in [0.2, 0.25) is 11.8 Å². The number of ether oxygens (including phenoxy) is 1. The standard InChI is InChI=1S/C18H13Cl2NO4/c19-14-2-1-3-15(20)13(14)10-25-18(24)11-4-6-12(7-5-11)21-16(22)8-9-17(21)23/h1-7H,8-10H2. The van der Waals surface area contributed by atoms with Crippen LogP contribution in [0.2, 0.25) is 10.0 Å². The van der Waals surface area contributed by atoms with E-state index in [1.165, 1.54) is 12.1 Å². The first kappa shape index (κ1) is 17.5. The van der Waals surface area contributed by atoms with Crippen molar-refractivity contribution in [3.05, 3.63) is 63.6 Å². The normalized spacial score (nSPS) is 14.1. The second-order valence-electron chi connectivity index (χ2n) is 5.45. The largest absolute Gasteiger partial charge is 0.457 e. The van der Waals surface area contributed by atoms with Gasteiger partial charge in [-0.3, -0.25) is 14.5 Å². The van der Waals surface area contributed by atoms with Crippen LogP contribution in [0.5, 0.6) is 0 Å². The van der Waals surface area contributed by atoms with Crippen LogP contribution in [0, 0.1) is 0 Å². The lowest BCUT2D eigenvalue weighted by molar-refractivity contribution is -0.121. The van der Waals surface area contributed by atoms with Crippen molar-refractivity contribution in [2.45, 2.75) is 19.4 Å². The van der Waals surface area contributed by atoms with Gasteiger partial charge in [0.15, 0.2) is 0 Å². The predicted octanol–water partition coefficient (Wildman–Crippen LogP) is 4.00. The average Bonchev–Trinajstić information content (AvgIpc) is 2.93. The summed E-state index contributed by atoms with van der Waals surface area (Å²) < 4.78 is 5.23. The van der Waals surface area contributed by atoms with Crippen LogP contribution in [-0.4, -0.2) is 17.8 Å². The highest BCUT2D eigenvalue weighted by atomic mass is 35.5. The van der Waals surface area contributed by atoms with Crippen LogP contribution in [0.1, 0.15) is 28.8 Å². The molecule has 0 atom stereocenters. The third-order valence-electron chi connectivity index (χ3n) is 3.82. The van der Waals surface area contributed by atoms with Gasteiger partial charge < -0.3 is 4.74 Å². The van der Waals surface area contributed by atoms with Crippen LogP contribution >= 0.6 is 23.2 Å². The summed E-state index contributed by atoms with van der Waals surface area (Å²) in [7, 11) is 0. The van der Waals surface area contributed by atoms with E-state index in [1.807, 2.05) is 0 Å². The van der Waals surface area contributed by atoms with E-state index in [1.54, 1.807) is 30.3 Å². The van der Waals surface area contributed by atoms with E-state index in [9.17, 15) is 14.4 Å². The number of benzene rings is 2. The first-order valence-corrected chi connectivity index (χ1v) is 8.29. The van der Waals surface area contributed by atoms with E-state index in [-0.39, 0.29) is 31.3 Å². The molecule has 25 heavy (non-hydrogen) atoms. The summed E-state index contributed by atoms with van der Waals surface area (Å²) >= 11 is 12.1. The number of carbonyl (C=O) groups excluding carboxylic acids is 3. The maximum Gasteiger partial charge on any atom is 0.338 e. The van der Waals surface area contributed by atoms with Gasteiger partial charge >= 0.3 is 5.97 Å². The van der Waals surface area contributed by atoms with Crippen LogP contribution in [0.3, 0.4) is 0 Å². The molecule has 2 aromatic carbocycles. The van der Waals surface area contributed by atoms with Gasteiger partial charge in [-0.05, 0) is 36.4 Å². The summed E-state index contributed by atoms with van der Waals surface area (Å²) in [6.07, 6.45) is 0.419. The Morgan fingerprint density at radius 1 is 0.960 bits per heavy atom. The molecule has 2 aromatic rings. The zero-order valence-corrected chi connectivity index (χ0v) is 14.5. The van der Waals surface area contributed by atoms with Crippen molar-refractivity contribution in [3.63, 3.8) is 0 Å². The van der Waals surface area contributed by atoms with E-state index in [0.29, 0.717) is 26.9 Å². The fourth-order valence-corrected chi connectivity index (χ4v) is 3.01. The van der Waals surface area contributed by atoms with Crippen LogP contribution in [0.15, 0.2) is 42.5 Å². The SMILES string of the molecule is O=C(OCc1c(Cl)cccc1Cl)c1ccc(N2C(=O)CCC2=O)cc1. The van der Waals surface area contributed by atoms with Gasteiger partial charge in [-0.1, -0.05) is 29.3 Å².